The van der Waals surface area contributed by atoms with E-state index in [2.05, 4.69) is 9.97 Å². The maximum Gasteiger partial charge on any atom is 0.251 e. The molecule has 0 aliphatic heterocycles. The SMILES string of the molecule is Cc1cc(=O)[nH]c(Sc2cccc(F)c2CCN)n1. The van der Waals surface area contributed by atoms with Crippen molar-refractivity contribution in [3.8, 4) is 0 Å². The van der Waals surface area contributed by atoms with Gasteiger partial charge in [-0.3, -0.25) is 4.79 Å². The van der Waals surface area contributed by atoms with Gasteiger partial charge in [-0.2, -0.15) is 0 Å². The Bertz CT molecular complexity index is 642. The largest absolute Gasteiger partial charge is 0.330 e. The average molecular weight is 279 g/mol. The van der Waals surface area contributed by atoms with Crippen LogP contribution in [-0.2, 0) is 6.42 Å². The van der Waals surface area contributed by atoms with Gasteiger partial charge in [-0.15, -0.1) is 0 Å². The monoisotopic (exact) mass is 279 g/mol. The minimum absolute atomic E-state index is 0.216. The number of hydrogen-bond acceptors (Lipinski definition) is 4. The van der Waals surface area contributed by atoms with Crippen LogP contribution in [0.15, 0.2) is 39.1 Å². The molecule has 1 heterocycles. The number of H-pyrrole nitrogens is 1. The van der Waals surface area contributed by atoms with E-state index in [9.17, 15) is 9.18 Å². The third-order valence-corrected chi connectivity index (χ3v) is 3.51. The van der Waals surface area contributed by atoms with E-state index in [1.165, 1.54) is 23.9 Å². The van der Waals surface area contributed by atoms with Crippen molar-refractivity contribution in [2.45, 2.75) is 23.4 Å². The Labute approximate surface area is 114 Å². The van der Waals surface area contributed by atoms with Crippen LogP contribution in [0.5, 0.6) is 0 Å². The lowest BCUT2D eigenvalue weighted by Crippen LogP contribution is -2.09. The number of aromatic nitrogens is 2. The van der Waals surface area contributed by atoms with Gasteiger partial charge in [0.05, 0.1) is 0 Å². The summed E-state index contributed by atoms with van der Waals surface area (Å²) in [6.45, 7) is 2.11. The number of halogens is 1. The standard InChI is InChI=1S/C13H14FN3OS/c1-8-7-12(18)17-13(16-8)19-11-4-2-3-10(14)9(11)5-6-15/h2-4,7H,5-6,15H2,1H3,(H,16,17,18). The Balaban J connectivity index is 2.37. The van der Waals surface area contributed by atoms with E-state index in [4.69, 9.17) is 5.73 Å². The molecule has 2 rings (SSSR count). The highest BCUT2D eigenvalue weighted by Gasteiger charge is 2.10. The van der Waals surface area contributed by atoms with Crippen LogP contribution in [0, 0.1) is 12.7 Å². The number of nitrogens with zero attached hydrogens (tertiary/aromatic N) is 1. The van der Waals surface area contributed by atoms with Crippen molar-refractivity contribution in [3.63, 3.8) is 0 Å². The summed E-state index contributed by atoms with van der Waals surface area (Å²) >= 11 is 1.23. The van der Waals surface area contributed by atoms with Crippen molar-refractivity contribution in [1.82, 2.24) is 9.97 Å². The summed E-state index contributed by atoms with van der Waals surface area (Å²) in [4.78, 5) is 18.9. The van der Waals surface area contributed by atoms with Gasteiger partial charge < -0.3 is 10.7 Å². The molecular weight excluding hydrogens is 265 g/mol. The predicted molar refractivity (Wildman–Crippen MR) is 72.9 cm³/mol. The molecule has 6 heteroatoms. The number of hydrogen-bond donors (Lipinski definition) is 2. The Morgan fingerprint density at radius 3 is 2.95 bits per heavy atom. The highest BCUT2D eigenvalue weighted by Crippen LogP contribution is 2.29. The first kappa shape index (κ1) is 13.8. The van der Waals surface area contributed by atoms with Gasteiger partial charge in [-0.1, -0.05) is 17.8 Å². The summed E-state index contributed by atoms with van der Waals surface area (Å²) < 4.78 is 13.7. The zero-order chi connectivity index (χ0) is 13.8. The molecule has 0 saturated carbocycles. The van der Waals surface area contributed by atoms with Gasteiger partial charge in [-0.05, 0) is 32.0 Å². The van der Waals surface area contributed by atoms with E-state index in [1.807, 2.05) is 0 Å². The molecule has 3 N–H and O–H groups in total. The van der Waals surface area contributed by atoms with E-state index in [0.29, 0.717) is 29.4 Å². The minimum atomic E-state index is -0.287. The molecular formula is C13H14FN3OS. The number of benzene rings is 1. The van der Waals surface area contributed by atoms with Crippen LogP contribution in [0.3, 0.4) is 0 Å². The highest BCUT2D eigenvalue weighted by atomic mass is 32.2. The van der Waals surface area contributed by atoms with Crippen LogP contribution < -0.4 is 11.3 Å². The highest BCUT2D eigenvalue weighted by molar-refractivity contribution is 7.99. The Morgan fingerprint density at radius 2 is 2.26 bits per heavy atom. The van der Waals surface area contributed by atoms with Gasteiger partial charge in [0, 0.05) is 22.2 Å². The number of nitrogens with two attached hydrogens (primary N) is 1. The van der Waals surface area contributed by atoms with Crippen molar-refractivity contribution < 1.29 is 4.39 Å². The summed E-state index contributed by atoms with van der Waals surface area (Å²) in [6.07, 6.45) is 0.449. The van der Waals surface area contributed by atoms with Crippen LogP contribution in [0.1, 0.15) is 11.3 Å². The van der Waals surface area contributed by atoms with Gasteiger partial charge in [0.1, 0.15) is 5.82 Å². The fraction of sp³-hybridized carbons (Fsp3) is 0.231. The first-order valence-electron chi connectivity index (χ1n) is 5.83. The molecule has 0 unspecified atom stereocenters. The second-order valence-electron chi connectivity index (χ2n) is 4.05. The third kappa shape index (κ3) is 3.42. The number of aryl methyl sites for hydroxylation is 1. The lowest BCUT2D eigenvalue weighted by Gasteiger charge is -2.08. The van der Waals surface area contributed by atoms with Crippen molar-refractivity contribution in [2.75, 3.05) is 6.54 Å². The number of aromatic amines is 1. The average Bonchev–Trinajstić information content (AvgIpc) is 2.32. The van der Waals surface area contributed by atoms with E-state index < -0.39 is 0 Å². The summed E-state index contributed by atoms with van der Waals surface area (Å²) in [5.74, 6) is -0.287. The van der Waals surface area contributed by atoms with Crippen molar-refractivity contribution in [2.24, 2.45) is 5.73 Å². The quantitative estimate of drug-likeness (QED) is 0.838. The Kier molecular flexibility index (Phi) is 4.34. The first-order chi connectivity index (χ1) is 9.10. The van der Waals surface area contributed by atoms with Crippen LogP contribution in [-0.4, -0.2) is 16.5 Å². The van der Waals surface area contributed by atoms with Gasteiger partial charge in [0.15, 0.2) is 5.16 Å². The maximum absolute atomic E-state index is 13.7. The smallest absolute Gasteiger partial charge is 0.251 e. The van der Waals surface area contributed by atoms with Gasteiger partial charge in [-0.25, -0.2) is 9.37 Å². The number of nitrogens with one attached hydrogen (secondary N) is 1. The zero-order valence-electron chi connectivity index (χ0n) is 10.4. The molecule has 0 amide bonds. The second kappa shape index (κ2) is 5.99. The molecule has 0 saturated heterocycles. The molecule has 0 atom stereocenters. The normalized spacial score (nSPS) is 10.7. The molecule has 0 aliphatic carbocycles. The third-order valence-electron chi connectivity index (χ3n) is 2.52. The molecule has 100 valence electrons. The lowest BCUT2D eigenvalue weighted by molar-refractivity contribution is 0.603. The molecule has 1 aromatic heterocycles. The molecule has 0 radical (unpaired) electrons. The number of rotatable bonds is 4. The predicted octanol–water partition coefficient (Wildman–Crippen LogP) is 1.87. The van der Waals surface area contributed by atoms with Crippen LogP contribution in [0.2, 0.25) is 0 Å². The van der Waals surface area contributed by atoms with E-state index in [0.717, 1.165) is 4.90 Å². The summed E-state index contributed by atoms with van der Waals surface area (Å²) in [5.41, 5.74) is 6.46. The lowest BCUT2D eigenvalue weighted by atomic mass is 10.1. The van der Waals surface area contributed by atoms with Gasteiger partial charge >= 0.3 is 0 Å². The minimum Gasteiger partial charge on any atom is -0.330 e. The van der Waals surface area contributed by atoms with Gasteiger partial charge in [0.25, 0.3) is 5.56 Å². The topological polar surface area (TPSA) is 71.8 Å². The van der Waals surface area contributed by atoms with Crippen LogP contribution in [0.4, 0.5) is 4.39 Å². The van der Waals surface area contributed by atoms with Crippen LogP contribution in [0.25, 0.3) is 0 Å². The van der Waals surface area contributed by atoms with Crippen LogP contribution >= 0.6 is 11.8 Å². The fourth-order valence-corrected chi connectivity index (χ4v) is 2.74. The van der Waals surface area contributed by atoms with Crippen molar-refractivity contribution in [1.29, 1.82) is 0 Å². The fourth-order valence-electron chi connectivity index (χ4n) is 1.73. The molecule has 4 nitrogen and oxygen atoms in total. The molecule has 0 bridgehead atoms. The maximum atomic E-state index is 13.7. The molecule has 0 fully saturated rings. The Morgan fingerprint density at radius 1 is 1.47 bits per heavy atom. The van der Waals surface area contributed by atoms with E-state index in [-0.39, 0.29) is 11.4 Å². The van der Waals surface area contributed by atoms with E-state index >= 15 is 0 Å². The molecule has 2 aromatic rings. The van der Waals surface area contributed by atoms with Gasteiger partial charge in [0.2, 0.25) is 0 Å². The zero-order valence-corrected chi connectivity index (χ0v) is 11.3. The summed E-state index contributed by atoms with van der Waals surface area (Å²) in [6, 6.07) is 6.24. The molecule has 1 aromatic carbocycles. The second-order valence-corrected chi connectivity index (χ2v) is 5.08. The van der Waals surface area contributed by atoms with Crippen molar-refractivity contribution >= 4 is 11.8 Å². The summed E-state index contributed by atoms with van der Waals surface area (Å²) in [5, 5.41) is 0.453. The van der Waals surface area contributed by atoms with Crippen molar-refractivity contribution in [3.05, 3.63) is 51.7 Å². The molecule has 0 aliphatic rings. The Hall–Kier alpha value is -1.66. The molecule has 19 heavy (non-hydrogen) atoms. The molecule has 0 spiro atoms. The summed E-state index contributed by atoms with van der Waals surface area (Å²) in [7, 11) is 0. The van der Waals surface area contributed by atoms with E-state index in [1.54, 1.807) is 19.1 Å². The first-order valence-corrected chi connectivity index (χ1v) is 6.65.